The van der Waals surface area contributed by atoms with Gasteiger partial charge in [-0.3, -0.25) is 4.79 Å². The molecule has 0 spiro atoms. The molecule has 1 fully saturated rings. The second-order valence-corrected chi connectivity index (χ2v) is 7.88. The minimum atomic E-state index is -3.73. The van der Waals surface area contributed by atoms with E-state index in [1.54, 1.807) is 16.3 Å². The number of halogens is 1. The number of amides is 1. The Bertz CT molecular complexity index is 798. The average molecular weight is 354 g/mol. The zero-order valence-corrected chi connectivity index (χ0v) is 13.8. The van der Waals surface area contributed by atoms with E-state index in [0.29, 0.717) is 18.7 Å². The van der Waals surface area contributed by atoms with Crippen molar-refractivity contribution in [2.75, 3.05) is 26.2 Å². The number of carbonyl (C=O) groups excluding carboxylic acids is 1. The molecule has 1 amide bonds. The van der Waals surface area contributed by atoms with E-state index in [0.717, 1.165) is 6.07 Å². The number of carbonyl (C=O) groups is 1. The Kier molecular flexibility index (Phi) is 4.47. The molecule has 1 aromatic carbocycles. The number of thiophene rings is 1. The van der Waals surface area contributed by atoms with Crippen LogP contribution in [-0.4, -0.2) is 49.7 Å². The quantitative estimate of drug-likeness (QED) is 0.847. The fourth-order valence-electron chi connectivity index (χ4n) is 2.48. The summed E-state index contributed by atoms with van der Waals surface area (Å²) in [6, 6.07) is 6.72. The van der Waals surface area contributed by atoms with Gasteiger partial charge in [-0.25, -0.2) is 12.8 Å². The van der Waals surface area contributed by atoms with Crippen LogP contribution >= 0.6 is 11.3 Å². The van der Waals surface area contributed by atoms with Gasteiger partial charge in [-0.2, -0.15) is 15.6 Å². The van der Waals surface area contributed by atoms with Gasteiger partial charge >= 0.3 is 0 Å². The first-order valence-corrected chi connectivity index (χ1v) is 9.44. The molecule has 0 unspecified atom stereocenters. The molecule has 1 aliphatic rings. The first-order chi connectivity index (χ1) is 11.0. The summed E-state index contributed by atoms with van der Waals surface area (Å²) in [6.07, 6.45) is 0. The maximum atomic E-state index is 13.3. The molecule has 0 saturated carbocycles. The Morgan fingerprint density at radius 2 is 1.87 bits per heavy atom. The largest absolute Gasteiger partial charge is 0.336 e. The Labute approximate surface area is 138 Å². The molecule has 0 radical (unpaired) electrons. The van der Waals surface area contributed by atoms with Crippen molar-refractivity contribution in [3.05, 3.63) is 52.5 Å². The van der Waals surface area contributed by atoms with Gasteiger partial charge in [0.25, 0.3) is 5.91 Å². The number of sulfonamides is 1. The number of hydrogen-bond acceptors (Lipinski definition) is 4. The van der Waals surface area contributed by atoms with Crippen molar-refractivity contribution in [2.45, 2.75) is 4.90 Å². The van der Waals surface area contributed by atoms with Crippen LogP contribution in [0.25, 0.3) is 0 Å². The highest BCUT2D eigenvalue weighted by molar-refractivity contribution is 7.89. The van der Waals surface area contributed by atoms with Crippen molar-refractivity contribution < 1.29 is 17.6 Å². The zero-order chi connectivity index (χ0) is 16.4. The molecule has 1 saturated heterocycles. The van der Waals surface area contributed by atoms with Crippen LogP contribution in [0, 0.1) is 5.82 Å². The summed E-state index contributed by atoms with van der Waals surface area (Å²) < 4.78 is 39.5. The van der Waals surface area contributed by atoms with Crippen molar-refractivity contribution in [3.8, 4) is 0 Å². The summed E-state index contributed by atoms with van der Waals surface area (Å²) in [5, 5.41) is 3.61. The van der Waals surface area contributed by atoms with Crippen LogP contribution < -0.4 is 0 Å². The maximum Gasteiger partial charge on any atom is 0.254 e. The first kappa shape index (κ1) is 16.1. The lowest BCUT2D eigenvalue weighted by molar-refractivity contribution is 0.0698. The number of benzene rings is 1. The van der Waals surface area contributed by atoms with Gasteiger partial charge in [0, 0.05) is 31.6 Å². The third-order valence-electron chi connectivity index (χ3n) is 3.73. The molecule has 0 N–H and O–H groups in total. The topological polar surface area (TPSA) is 57.7 Å². The fraction of sp³-hybridized carbons (Fsp3) is 0.267. The Hall–Kier alpha value is -1.77. The predicted molar refractivity (Wildman–Crippen MR) is 85.4 cm³/mol. The van der Waals surface area contributed by atoms with Crippen LogP contribution in [0.4, 0.5) is 4.39 Å². The summed E-state index contributed by atoms with van der Waals surface area (Å²) in [6.45, 7) is 1.05. The minimum absolute atomic E-state index is 0.0601. The van der Waals surface area contributed by atoms with Crippen LogP contribution in [0.15, 0.2) is 46.0 Å². The Morgan fingerprint density at radius 3 is 2.48 bits per heavy atom. The standard InChI is InChI=1S/C15H15FN2O3S2/c16-13-2-1-3-14(10-13)23(20,21)18-7-5-17(6-8-18)15(19)12-4-9-22-11-12/h1-4,9-11H,5-8H2. The lowest BCUT2D eigenvalue weighted by Crippen LogP contribution is -2.50. The molecule has 2 aromatic rings. The molecule has 2 heterocycles. The van der Waals surface area contributed by atoms with Crippen molar-refractivity contribution in [3.63, 3.8) is 0 Å². The highest BCUT2D eigenvalue weighted by Gasteiger charge is 2.30. The fourth-order valence-corrected chi connectivity index (χ4v) is 4.56. The van der Waals surface area contributed by atoms with E-state index in [9.17, 15) is 17.6 Å². The normalized spacial score (nSPS) is 16.5. The summed E-state index contributed by atoms with van der Waals surface area (Å²) in [5.41, 5.74) is 0.622. The van der Waals surface area contributed by atoms with Gasteiger partial charge in [0.2, 0.25) is 10.0 Å². The summed E-state index contributed by atoms with van der Waals surface area (Å²) in [4.78, 5) is 13.8. The zero-order valence-electron chi connectivity index (χ0n) is 12.2. The van der Waals surface area contributed by atoms with Crippen LogP contribution in [0.3, 0.4) is 0 Å². The SMILES string of the molecule is O=C(c1ccsc1)N1CCN(S(=O)(=O)c2cccc(F)c2)CC1. The van der Waals surface area contributed by atoms with Gasteiger partial charge in [0.05, 0.1) is 10.5 Å². The minimum Gasteiger partial charge on any atom is -0.336 e. The second kappa shape index (κ2) is 6.38. The van der Waals surface area contributed by atoms with Gasteiger partial charge in [0.15, 0.2) is 0 Å². The molecule has 3 rings (SSSR count). The summed E-state index contributed by atoms with van der Waals surface area (Å²) in [5.74, 6) is -0.675. The molecule has 1 aromatic heterocycles. The molecule has 8 heteroatoms. The van der Waals surface area contributed by atoms with Crippen molar-refractivity contribution >= 4 is 27.3 Å². The third kappa shape index (κ3) is 3.29. The van der Waals surface area contributed by atoms with E-state index < -0.39 is 15.8 Å². The van der Waals surface area contributed by atoms with Gasteiger partial charge in [-0.05, 0) is 29.6 Å². The van der Waals surface area contributed by atoms with Crippen molar-refractivity contribution in [2.24, 2.45) is 0 Å². The maximum absolute atomic E-state index is 13.3. The molecular weight excluding hydrogens is 339 g/mol. The number of hydrogen-bond donors (Lipinski definition) is 0. The van der Waals surface area contributed by atoms with Gasteiger partial charge in [-0.15, -0.1) is 0 Å². The highest BCUT2D eigenvalue weighted by Crippen LogP contribution is 2.19. The predicted octanol–water partition coefficient (Wildman–Crippen LogP) is 2.03. The first-order valence-electron chi connectivity index (χ1n) is 7.06. The molecular formula is C15H15FN2O3S2. The van der Waals surface area contributed by atoms with Gasteiger partial charge in [0.1, 0.15) is 5.82 Å². The van der Waals surface area contributed by atoms with Crippen molar-refractivity contribution in [1.82, 2.24) is 9.21 Å². The van der Waals surface area contributed by atoms with Crippen LogP contribution in [0.1, 0.15) is 10.4 Å². The van der Waals surface area contributed by atoms with E-state index in [1.165, 1.54) is 33.8 Å². The summed E-state index contributed by atoms with van der Waals surface area (Å²) >= 11 is 1.45. The molecule has 0 bridgehead atoms. The highest BCUT2D eigenvalue weighted by atomic mass is 32.2. The molecule has 1 aliphatic heterocycles. The molecule has 0 aliphatic carbocycles. The number of rotatable bonds is 3. The van der Waals surface area contributed by atoms with E-state index in [2.05, 4.69) is 0 Å². The lowest BCUT2D eigenvalue weighted by atomic mass is 10.2. The van der Waals surface area contributed by atoms with Crippen LogP contribution in [0.5, 0.6) is 0 Å². The lowest BCUT2D eigenvalue weighted by Gasteiger charge is -2.33. The van der Waals surface area contributed by atoms with Gasteiger partial charge < -0.3 is 4.90 Å². The van der Waals surface area contributed by atoms with Crippen LogP contribution in [0.2, 0.25) is 0 Å². The average Bonchev–Trinajstić information content (AvgIpc) is 3.09. The molecule has 122 valence electrons. The molecule has 23 heavy (non-hydrogen) atoms. The van der Waals surface area contributed by atoms with E-state index in [4.69, 9.17) is 0 Å². The van der Waals surface area contributed by atoms with Crippen LogP contribution in [-0.2, 0) is 10.0 Å². The third-order valence-corrected chi connectivity index (χ3v) is 6.31. The van der Waals surface area contributed by atoms with Gasteiger partial charge in [-0.1, -0.05) is 6.07 Å². The Morgan fingerprint density at radius 1 is 1.13 bits per heavy atom. The van der Waals surface area contributed by atoms with E-state index in [-0.39, 0.29) is 23.9 Å². The Balaban J connectivity index is 1.70. The molecule has 5 nitrogen and oxygen atoms in total. The molecule has 0 atom stereocenters. The van der Waals surface area contributed by atoms with E-state index in [1.807, 2.05) is 5.38 Å². The second-order valence-electron chi connectivity index (χ2n) is 5.17. The monoisotopic (exact) mass is 354 g/mol. The van der Waals surface area contributed by atoms with E-state index >= 15 is 0 Å². The van der Waals surface area contributed by atoms with Crippen molar-refractivity contribution in [1.29, 1.82) is 0 Å². The number of nitrogens with zero attached hydrogens (tertiary/aromatic N) is 2. The number of piperazine rings is 1. The smallest absolute Gasteiger partial charge is 0.254 e. The summed E-state index contributed by atoms with van der Waals surface area (Å²) in [7, 11) is -3.73.